The molecule has 0 spiro atoms. The predicted octanol–water partition coefficient (Wildman–Crippen LogP) is 3.62. The van der Waals surface area contributed by atoms with Crippen LogP contribution in [0, 0.1) is 5.82 Å². The summed E-state index contributed by atoms with van der Waals surface area (Å²) < 4.78 is 41.3. The molecule has 0 atom stereocenters. The topological polar surface area (TPSA) is 104 Å². The lowest BCUT2D eigenvalue weighted by molar-refractivity contribution is 0.0696. The SMILES string of the molecule is O=C(O)c1ccc(S(=O)(=O)Nc2cc(Cc3ccccc3)ccc2O)c(F)c1. The van der Waals surface area contributed by atoms with Gasteiger partial charge in [0.05, 0.1) is 11.3 Å². The summed E-state index contributed by atoms with van der Waals surface area (Å²) in [7, 11) is -4.38. The van der Waals surface area contributed by atoms with Crippen molar-refractivity contribution >= 4 is 21.7 Å². The highest BCUT2D eigenvalue weighted by Crippen LogP contribution is 2.28. The summed E-state index contributed by atoms with van der Waals surface area (Å²) in [5.74, 6) is -2.89. The van der Waals surface area contributed by atoms with Crippen LogP contribution in [0.1, 0.15) is 21.5 Å². The molecule has 0 saturated carbocycles. The fourth-order valence-corrected chi connectivity index (χ4v) is 3.78. The van der Waals surface area contributed by atoms with Crippen molar-refractivity contribution in [1.29, 1.82) is 0 Å². The fraction of sp³-hybridized carbons (Fsp3) is 0.0500. The number of sulfonamides is 1. The number of aromatic hydroxyl groups is 1. The Morgan fingerprint density at radius 1 is 0.964 bits per heavy atom. The lowest BCUT2D eigenvalue weighted by Gasteiger charge is -2.12. The van der Waals surface area contributed by atoms with Gasteiger partial charge in [0.2, 0.25) is 0 Å². The number of nitrogens with one attached hydrogen (secondary N) is 1. The van der Waals surface area contributed by atoms with Gasteiger partial charge in [-0.1, -0.05) is 36.4 Å². The van der Waals surface area contributed by atoms with E-state index in [1.165, 1.54) is 12.1 Å². The minimum absolute atomic E-state index is 0.102. The Balaban J connectivity index is 1.90. The van der Waals surface area contributed by atoms with Crippen molar-refractivity contribution in [3.63, 3.8) is 0 Å². The molecule has 0 fully saturated rings. The molecular formula is C20H16FNO5S. The van der Waals surface area contributed by atoms with E-state index in [0.29, 0.717) is 12.5 Å². The highest BCUT2D eigenvalue weighted by atomic mass is 32.2. The molecule has 8 heteroatoms. The van der Waals surface area contributed by atoms with Gasteiger partial charge >= 0.3 is 5.97 Å². The molecule has 3 aromatic carbocycles. The summed E-state index contributed by atoms with van der Waals surface area (Å²) in [5.41, 5.74) is 1.26. The van der Waals surface area contributed by atoms with Crippen molar-refractivity contribution in [3.05, 3.63) is 89.2 Å². The van der Waals surface area contributed by atoms with Crippen molar-refractivity contribution in [2.75, 3.05) is 4.72 Å². The van der Waals surface area contributed by atoms with Gasteiger partial charge in [-0.15, -0.1) is 0 Å². The average Bonchev–Trinajstić information content (AvgIpc) is 2.64. The summed E-state index contributed by atoms with van der Waals surface area (Å²) in [5, 5.41) is 18.9. The van der Waals surface area contributed by atoms with Crippen LogP contribution in [0.4, 0.5) is 10.1 Å². The van der Waals surface area contributed by atoms with Gasteiger partial charge in [-0.05, 0) is 47.9 Å². The number of carboxylic acid groups (broad SMARTS) is 1. The summed E-state index contributed by atoms with van der Waals surface area (Å²) in [6, 6.07) is 16.4. The highest BCUT2D eigenvalue weighted by molar-refractivity contribution is 7.92. The third kappa shape index (κ3) is 4.29. The standard InChI is InChI=1S/C20H16FNO5S/c21-16-12-15(20(24)25)7-9-19(16)28(26,27)22-17-11-14(6-8-18(17)23)10-13-4-2-1-3-5-13/h1-9,11-12,22-23H,10H2,(H,24,25). The van der Waals surface area contributed by atoms with Crippen molar-refractivity contribution in [1.82, 2.24) is 0 Å². The van der Waals surface area contributed by atoms with Gasteiger partial charge in [0.15, 0.2) is 0 Å². The van der Waals surface area contributed by atoms with Crippen LogP contribution in [0.25, 0.3) is 0 Å². The minimum atomic E-state index is -4.38. The van der Waals surface area contributed by atoms with E-state index in [1.807, 2.05) is 30.3 Å². The number of carboxylic acids is 1. The maximum Gasteiger partial charge on any atom is 0.335 e. The Hall–Kier alpha value is -3.39. The van der Waals surface area contributed by atoms with Crippen LogP contribution in [0.5, 0.6) is 5.75 Å². The van der Waals surface area contributed by atoms with E-state index < -0.39 is 26.7 Å². The Labute approximate surface area is 161 Å². The van der Waals surface area contributed by atoms with Gasteiger partial charge in [0.1, 0.15) is 16.5 Å². The first-order valence-corrected chi connectivity index (χ1v) is 9.66. The van der Waals surface area contributed by atoms with Gasteiger partial charge in [0, 0.05) is 0 Å². The van der Waals surface area contributed by atoms with Gasteiger partial charge in [-0.2, -0.15) is 0 Å². The summed E-state index contributed by atoms with van der Waals surface area (Å²) in [6.07, 6.45) is 0.511. The number of phenolic OH excluding ortho intramolecular Hbond substituents is 1. The zero-order chi connectivity index (χ0) is 20.3. The van der Waals surface area contributed by atoms with Gasteiger partial charge in [-0.25, -0.2) is 17.6 Å². The van der Waals surface area contributed by atoms with E-state index in [2.05, 4.69) is 4.72 Å². The van der Waals surface area contributed by atoms with Crippen LogP contribution in [-0.4, -0.2) is 24.6 Å². The molecule has 3 rings (SSSR count). The van der Waals surface area contributed by atoms with E-state index in [-0.39, 0.29) is 17.0 Å². The Morgan fingerprint density at radius 2 is 1.68 bits per heavy atom. The Morgan fingerprint density at radius 3 is 2.32 bits per heavy atom. The summed E-state index contributed by atoms with van der Waals surface area (Å²) in [6.45, 7) is 0. The summed E-state index contributed by atoms with van der Waals surface area (Å²) >= 11 is 0. The third-order valence-electron chi connectivity index (χ3n) is 4.02. The number of anilines is 1. The van der Waals surface area contributed by atoms with Crippen LogP contribution in [0.15, 0.2) is 71.6 Å². The van der Waals surface area contributed by atoms with Crippen LogP contribution < -0.4 is 4.72 Å². The second-order valence-electron chi connectivity index (χ2n) is 6.07. The predicted molar refractivity (Wildman–Crippen MR) is 102 cm³/mol. The lowest BCUT2D eigenvalue weighted by atomic mass is 10.0. The number of benzene rings is 3. The molecule has 3 aromatic rings. The summed E-state index contributed by atoms with van der Waals surface area (Å²) in [4.78, 5) is 10.2. The first-order valence-electron chi connectivity index (χ1n) is 8.18. The second kappa shape index (κ2) is 7.69. The molecule has 0 aromatic heterocycles. The first kappa shape index (κ1) is 19.4. The molecule has 0 saturated heterocycles. The maximum absolute atomic E-state index is 14.1. The number of aromatic carboxylic acids is 1. The lowest BCUT2D eigenvalue weighted by Crippen LogP contribution is -2.15. The van der Waals surface area contributed by atoms with E-state index in [0.717, 1.165) is 23.3 Å². The quantitative estimate of drug-likeness (QED) is 0.548. The molecule has 0 heterocycles. The molecule has 6 nitrogen and oxygen atoms in total. The van der Waals surface area contributed by atoms with E-state index in [1.54, 1.807) is 6.07 Å². The van der Waals surface area contributed by atoms with Crippen molar-refractivity contribution in [2.24, 2.45) is 0 Å². The van der Waals surface area contributed by atoms with Gasteiger partial charge < -0.3 is 10.2 Å². The van der Waals surface area contributed by atoms with Crippen LogP contribution in [0.3, 0.4) is 0 Å². The highest BCUT2D eigenvalue weighted by Gasteiger charge is 2.22. The second-order valence-corrected chi connectivity index (χ2v) is 7.72. The zero-order valence-electron chi connectivity index (χ0n) is 14.5. The number of halogens is 1. The number of hydrogen-bond donors (Lipinski definition) is 3. The monoisotopic (exact) mass is 401 g/mol. The van der Waals surface area contributed by atoms with Gasteiger partial charge in [-0.3, -0.25) is 4.72 Å². The molecule has 0 aliphatic carbocycles. The molecule has 0 bridgehead atoms. The number of hydrogen-bond acceptors (Lipinski definition) is 4. The van der Waals surface area contributed by atoms with E-state index >= 15 is 0 Å². The van der Waals surface area contributed by atoms with Crippen LogP contribution >= 0.6 is 0 Å². The third-order valence-corrected chi connectivity index (χ3v) is 5.42. The molecule has 0 aliphatic heterocycles. The molecule has 0 unspecified atom stereocenters. The fourth-order valence-electron chi connectivity index (χ4n) is 2.66. The van der Waals surface area contributed by atoms with Crippen LogP contribution in [0.2, 0.25) is 0 Å². The molecule has 28 heavy (non-hydrogen) atoms. The molecule has 0 radical (unpaired) electrons. The van der Waals surface area contributed by atoms with Crippen molar-refractivity contribution < 1.29 is 27.8 Å². The molecular weight excluding hydrogens is 385 g/mol. The number of carbonyl (C=O) groups is 1. The largest absolute Gasteiger partial charge is 0.506 e. The Bertz CT molecular complexity index is 1130. The van der Waals surface area contributed by atoms with Crippen molar-refractivity contribution in [2.45, 2.75) is 11.3 Å². The van der Waals surface area contributed by atoms with Crippen molar-refractivity contribution in [3.8, 4) is 5.75 Å². The molecule has 144 valence electrons. The normalized spacial score (nSPS) is 11.2. The zero-order valence-corrected chi connectivity index (χ0v) is 15.3. The van der Waals surface area contributed by atoms with E-state index in [9.17, 15) is 22.7 Å². The number of rotatable bonds is 6. The molecule has 3 N–H and O–H groups in total. The first-order chi connectivity index (χ1) is 13.3. The van der Waals surface area contributed by atoms with E-state index in [4.69, 9.17) is 5.11 Å². The number of phenols is 1. The van der Waals surface area contributed by atoms with Gasteiger partial charge in [0.25, 0.3) is 10.0 Å². The maximum atomic E-state index is 14.1. The Kier molecular flexibility index (Phi) is 5.32. The molecule has 0 aliphatic rings. The minimum Gasteiger partial charge on any atom is -0.506 e. The van der Waals surface area contributed by atoms with Crippen LogP contribution in [-0.2, 0) is 16.4 Å². The average molecular weight is 401 g/mol. The smallest absolute Gasteiger partial charge is 0.335 e. The molecule has 0 amide bonds.